The number of ketones is 1. The maximum atomic E-state index is 12.2. The monoisotopic (exact) mass is 330 g/mol. The molecule has 0 bridgehead atoms. The zero-order chi connectivity index (χ0) is 17.0. The zero-order valence-corrected chi connectivity index (χ0v) is 13.9. The van der Waals surface area contributed by atoms with Crippen molar-refractivity contribution >= 4 is 22.6 Å². The Kier molecular flexibility index (Phi) is 5.45. The van der Waals surface area contributed by atoms with Crippen LogP contribution >= 0.6 is 0 Å². The van der Waals surface area contributed by atoms with Crippen molar-refractivity contribution in [2.75, 3.05) is 5.75 Å². The van der Waals surface area contributed by atoms with Crippen LogP contribution in [-0.4, -0.2) is 26.8 Å². The third kappa shape index (κ3) is 4.60. The number of hydrogen-bond donors (Lipinski definition) is 1. The van der Waals surface area contributed by atoms with Gasteiger partial charge in [-0.25, -0.2) is 4.79 Å². The van der Waals surface area contributed by atoms with Crippen molar-refractivity contribution < 1.29 is 18.9 Å². The number of carboxylic acids is 1. The van der Waals surface area contributed by atoms with Gasteiger partial charge in [-0.3, -0.25) is 9.00 Å². The van der Waals surface area contributed by atoms with E-state index in [1.165, 1.54) is 12.1 Å². The summed E-state index contributed by atoms with van der Waals surface area (Å²) >= 11 is 0. The highest BCUT2D eigenvalue weighted by Crippen LogP contribution is 2.12. The summed E-state index contributed by atoms with van der Waals surface area (Å²) in [5.41, 5.74) is 3.65. The standard InChI is InChI=1S/C18H18O4S/c1-12-3-6-16(9-13(12)2)17(19)11-23(22)10-14-4-7-15(8-5-14)18(20)21/h3-9H,10-11H2,1-2H3,(H,20,21). The number of Topliss-reactive ketones (excluding diaryl/α,β-unsaturated/α-hetero) is 1. The van der Waals surface area contributed by atoms with Gasteiger partial charge in [-0.05, 0) is 48.7 Å². The van der Waals surface area contributed by atoms with Crippen molar-refractivity contribution in [2.45, 2.75) is 19.6 Å². The molecule has 5 heteroatoms. The van der Waals surface area contributed by atoms with E-state index < -0.39 is 16.8 Å². The van der Waals surface area contributed by atoms with Crippen molar-refractivity contribution in [1.29, 1.82) is 0 Å². The number of rotatable bonds is 6. The van der Waals surface area contributed by atoms with Crippen LogP contribution in [0.15, 0.2) is 42.5 Å². The molecule has 0 aromatic heterocycles. The highest BCUT2D eigenvalue weighted by Gasteiger charge is 2.12. The van der Waals surface area contributed by atoms with Gasteiger partial charge in [-0.15, -0.1) is 0 Å². The van der Waals surface area contributed by atoms with E-state index in [1.807, 2.05) is 26.0 Å². The summed E-state index contributed by atoms with van der Waals surface area (Å²) in [6, 6.07) is 11.7. The van der Waals surface area contributed by atoms with Gasteiger partial charge in [0.25, 0.3) is 0 Å². The normalized spacial score (nSPS) is 11.9. The summed E-state index contributed by atoms with van der Waals surface area (Å²) in [6.45, 7) is 3.91. The molecular weight excluding hydrogens is 312 g/mol. The second-order valence-electron chi connectivity index (χ2n) is 5.45. The first-order chi connectivity index (χ1) is 10.9. The SMILES string of the molecule is Cc1ccc(C(=O)CS(=O)Cc2ccc(C(=O)O)cc2)cc1C. The number of benzene rings is 2. The largest absolute Gasteiger partial charge is 0.478 e. The average Bonchev–Trinajstić information content (AvgIpc) is 2.50. The Morgan fingerprint density at radius 1 is 0.957 bits per heavy atom. The van der Waals surface area contributed by atoms with Crippen molar-refractivity contribution in [3.8, 4) is 0 Å². The summed E-state index contributed by atoms with van der Waals surface area (Å²) in [4.78, 5) is 23.0. The molecule has 0 radical (unpaired) electrons. The second kappa shape index (κ2) is 7.33. The molecule has 2 aromatic carbocycles. The van der Waals surface area contributed by atoms with Crippen LogP contribution in [0.4, 0.5) is 0 Å². The quantitative estimate of drug-likeness (QED) is 0.826. The van der Waals surface area contributed by atoms with Gasteiger partial charge in [-0.1, -0.05) is 24.3 Å². The van der Waals surface area contributed by atoms with Crippen LogP contribution in [0.25, 0.3) is 0 Å². The third-order valence-electron chi connectivity index (χ3n) is 3.65. The fourth-order valence-corrected chi connectivity index (χ4v) is 3.25. The molecule has 4 nitrogen and oxygen atoms in total. The molecule has 1 N–H and O–H groups in total. The summed E-state index contributed by atoms with van der Waals surface area (Å²) in [5, 5.41) is 8.84. The fraction of sp³-hybridized carbons (Fsp3) is 0.222. The van der Waals surface area contributed by atoms with Crippen LogP contribution in [0.5, 0.6) is 0 Å². The summed E-state index contributed by atoms with van der Waals surface area (Å²) in [6.07, 6.45) is 0. The Labute approximate surface area is 137 Å². The van der Waals surface area contributed by atoms with Gasteiger partial charge in [0.2, 0.25) is 0 Å². The minimum absolute atomic E-state index is 0.0385. The van der Waals surface area contributed by atoms with Crippen molar-refractivity contribution in [3.05, 3.63) is 70.3 Å². The molecule has 0 amide bonds. The molecule has 1 unspecified atom stereocenters. The number of aryl methyl sites for hydroxylation is 2. The van der Waals surface area contributed by atoms with E-state index in [9.17, 15) is 13.8 Å². The number of carbonyl (C=O) groups is 2. The lowest BCUT2D eigenvalue weighted by atomic mass is 10.0. The number of carboxylic acid groups (broad SMARTS) is 1. The molecule has 2 rings (SSSR count). The second-order valence-corrected chi connectivity index (χ2v) is 6.91. The van der Waals surface area contributed by atoms with E-state index in [-0.39, 0.29) is 22.9 Å². The minimum atomic E-state index is -1.33. The summed E-state index contributed by atoms with van der Waals surface area (Å²) in [5.74, 6) is -0.948. The minimum Gasteiger partial charge on any atom is -0.478 e. The molecule has 0 spiro atoms. The lowest BCUT2D eigenvalue weighted by molar-refractivity contribution is 0.0696. The highest BCUT2D eigenvalue weighted by molar-refractivity contribution is 7.85. The molecule has 0 aliphatic rings. The summed E-state index contributed by atoms with van der Waals surface area (Å²) < 4.78 is 12.1. The van der Waals surface area contributed by atoms with E-state index in [1.54, 1.807) is 18.2 Å². The smallest absolute Gasteiger partial charge is 0.335 e. The van der Waals surface area contributed by atoms with Gasteiger partial charge in [0.1, 0.15) is 0 Å². The number of aromatic carboxylic acids is 1. The van der Waals surface area contributed by atoms with Crippen molar-refractivity contribution in [3.63, 3.8) is 0 Å². The van der Waals surface area contributed by atoms with E-state index in [4.69, 9.17) is 5.11 Å². The van der Waals surface area contributed by atoms with E-state index in [2.05, 4.69) is 0 Å². The highest BCUT2D eigenvalue weighted by atomic mass is 32.2. The zero-order valence-electron chi connectivity index (χ0n) is 13.0. The molecule has 0 saturated heterocycles. The van der Waals surface area contributed by atoms with E-state index in [0.29, 0.717) is 5.56 Å². The van der Waals surface area contributed by atoms with Gasteiger partial charge in [0.15, 0.2) is 5.78 Å². The lowest BCUT2D eigenvalue weighted by Crippen LogP contribution is -2.12. The molecule has 0 aliphatic heterocycles. The van der Waals surface area contributed by atoms with Crippen LogP contribution in [0.3, 0.4) is 0 Å². The topological polar surface area (TPSA) is 71.4 Å². The lowest BCUT2D eigenvalue weighted by Gasteiger charge is -2.06. The van der Waals surface area contributed by atoms with Crippen molar-refractivity contribution in [2.24, 2.45) is 0 Å². The molecule has 1 atom stereocenters. The number of carbonyl (C=O) groups excluding carboxylic acids is 1. The average molecular weight is 330 g/mol. The molecule has 0 fully saturated rings. The summed E-state index contributed by atoms with van der Waals surface area (Å²) in [7, 11) is -1.33. The molecule has 0 aliphatic carbocycles. The Morgan fingerprint density at radius 3 is 2.13 bits per heavy atom. The van der Waals surface area contributed by atoms with Crippen molar-refractivity contribution in [1.82, 2.24) is 0 Å². The Morgan fingerprint density at radius 2 is 1.57 bits per heavy atom. The van der Waals surface area contributed by atoms with Gasteiger partial charge in [0, 0.05) is 22.1 Å². The van der Waals surface area contributed by atoms with Crippen LogP contribution in [0, 0.1) is 13.8 Å². The predicted octanol–water partition coefficient (Wildman–Crippen LogP) is 3.13. The van der Waals surface area contributed by atoms with Crippen LogP contribution < -0.4 is 0 Å². The van der Waals surface area contributed by atoms with Gasteiger partial charge in [-0.2, -0.15) is 0 Å². The third-order valence-corrected chi connectivity index (χ3v) is 4.89. The first-order valence-corrected chi connectivity index (χ1v) is 8.63. The van der Waals surface area contributed by atoms with Crippen LogP contribution in [0.1, 0.15) is 37.4 Å². The number of hydrogen-bond acceptors (Lipinski definition) is 3. The molecule has 0 saturated carbocycles. The maximum absolute atomic E-state index is 12.2. The Bertz CT molecular complexity index is 763. The van der Waals surface area contributed by atoms with Crippen LogP contribution in [0.2, 0.25) is 0 Å². The predicted molar refractivity (Wildman–Crippen MR) is 90.4 cm³/mol. The van der Waals surface area contributed by atoms with E-state index >= 15 is 0 Å². The maximum Gasteiger partial charge on any atom is 0.335 e. The van der Waals surface area contributed by atoms with Gasteiger partial charge >= 0.3 is 5.97 Å². The molecule has 0 heterocycles. The Balaban J connectivity index is 1.99. The molecular formula is C18H18O4S. The first kappa shape index (κ1) is 17.1. The molecule has 23 heavy (non-hydrogen) atoms. The van der Waals surface area contributed by atoms with Gasteiger partial charge in [0.05, 0.1) is 11.3 Å². The van der Waals surface area contributed by atoms with Crippen LogP contribution in [-0.2, 0) is 16.6 Å². The van der Waals surface area contributed by atoms with E-state index in [0.717, 1.165) is 16.7 Å². The first-order valence-electron chi connectivity index (χ1n) is 7.14. The molecule has 120 valence electrons. The fourth-order valence-electron chi connectivity index (χ4n) is 2.12. The Hall–Kier alpha value is -2.27. The molecule has 2 aromatic rings. The van der Waals surface area contributed by atoms with Gasteiger partial charge < -0.3 is 5.11 Å².